The largest absolute Gasteiger partial charge is 0.340 e. The fourth-order valence-electron chi connectivity index (χ4n) is 2.56. The van der Waals surface area contributed by atoms with Crippen LogP contribution in [0.15, 0.2) is 48.5 Å². The molecule has 0 aliphatic heterocycles. The van der Waals surface area contributed by atoms with Crippen LogP contribution in [0.5, 0.6) is 0 Å². The number of amides is 2. The third-order valence-electron chi connectivity index (χ3n) is 4.16. The summed E-state index contributed by atoms with van der Waals surface area (Å²) < 4.78 is 13.0. The van der Waals surface area contributed by atoms with Crippen LogP contribution < -0.4 is 10.6 Å². The van der Waals surface area contributed by atoms with E-state index in [0.717, 1.165) is 5.56 Å². The summed E-state index contributed by atoms with van der Waals surface area (Å²) in [6.45, 7) is 7.89. The van der Waals surface area contributed by atoms with Gasteiger partial charge in [0, 0.05) is 11.3 Å². The van der Waals surface area contributed by atoms with Gasteiger partial charge >= 0.3 is 0 Å². The van der Waals surface area contributed by atoms with Crippen LogP contribution in [0.2, 0.25) is 0 Å². The van der Waals surface area contributed by atoms with Gasteiger partial charge in [-0.1, -0.05) is 39.8 Å². The number of nitrogens with one attached hydrogen (secondary N) is 2. The number of halogens is 1. The second-order valence-electron chi connectivity index (χ2n) is 6.97. The smallest absolute Gasteiger partial charge is 0.251 e. The van der Waals surface area contributed by atoms with Crippen LogP contribution in [0.25, 0.3) is 0 Å². The summed E-state index contributed by atoms with van der Waals surface area (Å²) in [5.74, 6) is -0.852. The molecule has 138 valence electrons. The number of carbonyl (C=O) groups excluding carboxylic acids is 2. The standard InChI is InChI=1S/C21H25FN2O2/c1-13(2)16-6-5-7-18(12-16)23-21(26)19(14(3)4)24-20(25)15-8-10-17(22)11-9-15/h5-14,19H,1-4H3,(H,23,26)(H,24,25). The lowest BCUT2D eigenvalue weighted by atomic mass is 10.0. The van der Waals surface area contributed by atoms with Crippen molar-refractivity contribution in [3.05, 3.63) is 65.5 Å². The van der Waals surface area contributed by atoms with Crippen LogP contribution in [0.1, 0.15) is 49.5 Å². The van der Waals surface area contributed by atoms with E-state index >= 15 is 0 Å². The van der Waals surface area contributed by atoms with Crippen LogP contribution in [0, 0.1) is 11.7 Å². The van der Waals surface area contributed by atoms with E-state index in [-0.39, 0.29) is 11.8 Å². The molecule has 0 saturated carbocycles. The second-order valence-corrected chi connectivity index (χ2v) is 6.97. The van der Waals surface area contributed by atoms with Gasteiger partial charge in [-0.3, -0.25) is 9.59 Å². The minimum absolute atomic E-state index is 0.104. The van der Waals surface area contributed by atoms with Gasteiger partial charge in [0.05, 0.1) is 0 Å². The molecule has 0 aliphatic rings. The molecule has 2 aromatic rings. The average Bonchev–Trinajstić information content (AvgIpc) is 2.59. The zero-order valence-electron chi connectivity index (χ0n) is 15.5. The Labute approximate surface area is 153 Å². The molecule has 4 nitrogen and oxygen atoms in total. The summed E-state index contributed by atoms with van der Waals surface area (Å²) >= 11 is 0. The Hall–Kier alpha value is -2.69. The molecule has 0 heterocycles. The maximum atomic E-state index is 13.0. The van der Waals surface area contributed by atoms with E-state index in [1.807, 2.05) is 38.1 Å². The maximum Gasteiger partial charge on any atom is 0.251 e. The number of hydrogen-bond donors (Lipinski definition) is 2. The van der Waals surface area contributed by atoms with E-state index in [9.17, 15) is 14.0 Å². The predicted octanol–water partition coefficient (Wildman–Crippen LogP) is 4.34. The lowest BCUT2D eigenvalue weighted by Crippen LogP contribution is -2.47. The molecule has 0 radical (unpaired) electrons. The van der Waals surface area contributed by atoms with Crippen molar-refractivity contribution in [3.8, 4) is 0 Å². The third kappa shape index (κ3) is 5.15. The number of rotatable bonds is 6. The maximum absolute atomic E-state index is 13.0. The Morgan fingerprint density at radius 1 is 0.962 bits per heavy atom. The molecule has 5 heteroatoms. The molecule has 2 N–H and O–H groups in total. The summed E-state index contributed by atoms with van der Waals surface area (Å²) in [5, 5.41) is 5.61. The van der Waals surface area contributed by atoms with Crippen molar-refractivity contribution in [2.75, 3.05) is 5.32 Å². The molecular weight excluding hydrogens is 331 g/mol. The van der Waals surface area contributed by atoms with Gasteiger partial charge in [0.2, 0.25) is 5.91 Å². The molecule has 1 atom stereocenters. The number of hydrogen-bond acceptors (Lipinski definition) is 2. The Morgan fingerprint density at radius 3 is 2.19 bits per heavy atom. The van der Waals surface area contributed by atoms with Crippen molar-refractivity contribution in [3.63, 3.8) is 0 Å². The molecule has 26 heavy (non-hydrogen) atoms. The second kappa shape index (κ2) is 8.61. The van der Waals surface area contributed by atoms with E-state index in [1.54, 1.807) is 0 Å². The Kier molecular flexibility index (Phi) is 6.50. The molecule has 1 unspecified atom stereocenters. The topological polar surface area (TPSA) is 58.2 Å². The first kappa shape index (κ1) is 19.6. The quantitative estimate of drug-likeness (QED) is 0.809. The lowest BCUT2D eigenvalue weighted by molar-refractivity contribution is -0.118. The van der Waals surface area contributed by atoms with Crippen LogP contribution in [0.3, 0.4) is 0 Å². The SMILES string of the molecule is CC(C)c1cccc(NC(=O)C(NC(=O)c2ccc(F)cc2)C(C)C)c1. The molecule has 0 spiro atoms. The lowest BCUT2D eigenvalue weighted by Gasteiger charge is -2.22. The Balaban J connectivity index is 2.11. The van der Waals surface area contributed by atoms with Gasteiger partial charge in [-0.2, -0.15) is 0 Å². The van der Waals surface area contributed by atoms with Gasteiger partial charge in [-0.05, 0) is 53.8 Å². The zero-order chi connectivity index (χ0) is 19.3. The van der Waals surface area contributed by atoms with Crippen molar-refractivity contribution in [2.45, 2.75) is 39.7 Å². The molecule has 0 saturated heterocycles. The zero-order valence-corrected chi connectivity index (χ0v) is 15.5. The summed E-state index contributed by atoms with van der Waals surface area (Å²) in [6, 6.07) is 12.2. The van der Waals surface area contributed by atoms with Crippen molar-refractivity contribution < 1.29 is 14.0 Å². The monoisotopic (exact) mass is 356 g/mol. The highest BCUT2D eigenvalue weighted by Crippen LogP contribution is 2.19. The first-order chi connectivity index (χ1) is 12.3. The molecule has 2 aromatic carbocycles. The van der Waals surface area contributed by atoms with Crippen LogP contribution in [0.4, 0.5) is 10.1 Å². The number of anilines is 1. The number of benzene rings is 2. The highest BCUT2D eigenvalue weighted by molar-refractivity contribution is 6.01. The normalized spacial score (nSPS) is 12.1. The first-order valence-corrected chi connectivity index (χ1v) is 8.75. The van der Waals surface area contributed by atoms with E-state index in [1.165, 1.54) is 24.3 Å². The van der Waals surface area contributed by atoms with E-state index in [0.29, 0.717) is 17.2 Å². The summed E-state index contributed by atoms with van der Waals surface area (Å²) in [6.07, 6.45) is 0. The van der Waals surface area contributed by atoms with Crippen molar-refractivity contribution in [1.29, 1.82) is 0 Å². The fourth-order valence-corrected chi connectivity index (χ4v) is 2.56. The Morgan fingerprint density at radius 2 is 1.62 bits per heavy atom. The van der Waals surface area contributed by atoms with Crippen molar-refractivity contribution in [2.24, 2.45) is 5.92 Å². The van der Waals surface area contributed by atoms with Gasteiger partial charge in [-0.25, -0.2) is 4.39 Å². The molecular formula is C21H25FN2O2. The minimum atomic E-state index is -0.699. The van der Waals surface area contributed by atoms with Gasteiger partial charge in [0.15, 0.2) is 0 Å². The summed E-state index contributed by atoms with van der Waals surface area (Å²) in [4.78, 5) is 25.0. The van der Waals surface area contributed by atoms with Gasteiger partial charge < -0.3 is 10.6 Å². The first-order valence-electron chi connectivity index (χ1n) is 8.75. The highest BCUT2D eigenvalue weighted by Gasteiger charge is 2.25. The van der Waals surface area contributed by atoms with Crippen LogP contribution in [-0.4, -0.2) is 17.9 Å². The van der Waals surface area contributed by atoms with Gasteiger partial charge in [0.25, 0.3) is 5.91 Å². The van der Waals surface area contributed by atoms with Crippen molar-refractivity contribution in [1.82, 2.24) is 5.32 Å². The fraction of sp³-hybridized carbons (Fsp3) is 0.333. The average molecular weight is 356 g/mol. The van der Waals surface area contributed by atoms with Gasteiger partial charge in [0.1, 0.15) is 11.9 Å². The molecule has 0 aromatic heterocycles. The summed E-state index contributed by atoms with van der Waals surface area (Å²) in [5.41, 5.74) is 2.13. The van der Waals surface area contributed by atoms with Crippen LogP contribution >= 0.6 is 0 Å². The van der Waals surface area contributed by atoms with E-state index in [4.69, 9.17) is 0 Å². The minimum Gasteiger partial charge on any atom is -0.340 e. The molecule has 2 rings (SSSR count). The van der Waals surface area contributed by atoms with Gasteiger partial charge in [-0.15, -0.1) is 0 Å². The molecule has 0 aliphatic carbocycles. The predicted molar refractivity (Wildman–Crippen MR) is 102 cm³/mol. The number of carbonyl (C=O) groups is 2. The highest BCUT2D eigenvalue weighted by atomic mass is 19.1. The van der Waals surface area contributed by atoms with Crippen molar-refractivity contribution >= 4 is 17.5 Å². The molecule has 2 amide bonds. The molecule has 0 fully saturated rings. The third-order valence-corrected chi connectivity index (χ3v) is 4.16. The Bertz CT molecular complexity index is 770. The van der Waals surface area contributed by atoms with E-state index < -0.39 is 17.8 Å². The van der Waals surface area contributed by atoms with E-state index in [2.05, 4.69) is 24.5 Å². The molecule has 0 bridgehead atoms. The van der Waals surface area contributed by atoms with Crippen LogP contribution in [-0.2, 0) is 4.79 Å². The summed E-state index contributed by atoms with van der Waals surface area (Å²) in [7, 11) is 0.